The smallest absolute Gasteiger partial charge is 0.229 e. The fourth-order valence-corrected chi connectivity index (χ4v) is 3.59. The summed E-state index contributed by atoms with van der Waals surface area (Å²) >= 11 is 0. The van der Waals surface area contributed by atoms with Gasteiger partial charge in [0.15, 0.2) is 11.5 Å². The van der Waals surface area contributed by atoms with Gasteiger partial charge in [0.05, 0.1) is 32.5 Å². The summed E-state index contributed by atoms with van der Waals surface area (Å²) in [5.41, 5.74) is 4.43. The topological polar surface area (TPSA) is 63.7 Å². The van der Waals surface area contributed by atoms with E-state index in [2.05, 4.69) is 33.4 Å². The molecule has 4 rings (SSSR count). The van der Waals surface area contributed by atoms with Crippen LogP contribution in [0.4, 0.5) is 17.2 Å². The highest BCUT2D eigenvalue weighted by Crippen LogP contribution is 2.34. The Balaban J connectivity index is 1.41. The van der Waals surface area contributed by atoms with Crippen molar-refractivity contribution in [1.82, 2.24) is 4.98 Å². The Morgan fingerprint density at radius 1 is 1.07 bits per heavy atom. The van der Waals surface area contributed by atoms with Crippen LogP contribution in [0, 0.1) is 0 Å². The van der Waals surface area contributed by atoms with Gasteiger partial charge in [0, 0.05) is 12.2 Å². The van der Waals surface area contributed by atoms with Gasteiger partial charge in [0.25, 0.3) is 0 Å². The molecule has 1 aromatic heterocycles. The third-order valence-corrected chi connectivity index (χ3v) is 5.03. The molecule has 0 aliphatic carbocycles. The number of amides is 1. The summed E-state index contributed by atoms with van der Waals surface area (Å²) in [4.78, 5) is 19.1. The standard InChI is InChI=1S/C23H23N3O3/c1-28-20-9-7-16(13-21(20)29-2)14-23(27)25-22-10-8-18(15-24-22)26-12-11-17-5-3-4-6-19(17)26/h3-10,13,15H,11-12,14H2,1-2H3,(H,24,25,27). The van der Waals surface area contributed by atoms with Crippen LogP contribution < -0.4 is 19.7 Å². The van der Waals surface area contributed by atoms with Crippen molar-refractivity contribution < 1.29 is 14.3 Å². The number of carbonyl (C=O) groups is 1. The number of pyridine rings is 1. The molecule has 0 bridgehead atoms. The SMILES string of the molecule is COc1ccc(CC(=O)Nc2ccc(N3CCc4ccccc43)cn2)cc1OC. The van der Waals surface area contributed by atoms with Crippen molar-refractivity contribution in [3.05, 3.63) is 71.9 Å². The van der Waals surface area contributed by atoms with Gasteiger partial charge >= 0.3 is 0 Å². The van der Waals surface area contributed by atoms with E-state index in [4.69, 9.17) is 9.47 Å². The van der Waals surface area contributed by atoms with Crippen molar-refractivity contribution in [2.75, 3.05) is 31.0 Å². The number of nitrogens with zero attached hydrogens (tertiary/aromatic N) is 2. The number of hydrogen-bond acceptors (Lipinski definition) is 5. The molecule has 6 nitrogen and oxygen atoms in total. The summed E-state index contributed by atoms with van der Waals surface area (Å²) in [6.07, 6.45) is 3.05. The highest BCUT2D eigenvalue weighted by Gasteiger charge is 2.20. The highest BCUT2D eigenvalue weighted by molar-refractivity contribution is 5.91. The van der Waals surface area contributed by atoms with Gasteiger partial charge in [-0.3, -0.25) is 4.79 Å². The first-order valence-corrected chi connectivity index (χ1v) is 9.50. The van der Waals surface area contributed by atoms with Crippen LogP contribution in [0.5, 0.6) is 11.5 Å². The van der Waals surface area contributed by atoms with E-state index < -0.39 is 0 Å². The quantitative estimate of drug-likeness (QED) is 0.691. The second kappa shape index (κ2) is 8.22. The van der Waals surface area contributed by atoms with Crippen LogP contribution in [-0.2, 0) is 17.6 Å². The molecule has 1 amide bonds. The van der Waals surface area contributed by atoms with Crippen LogP contribution in [0.1, 0.15) is 11.1 Å². The minimum atomic E-state index is -0.135. The lowest BCUT2D eigenvalue weighted by molar-refractivity contribution is -0.115. The Kier molecular flexibility index (Phi) is 5.33. The molecule has 1 aliphatic heterocycles. The molecular weight excluding hydrogens is 366 g/mol. The number of methoxy groups -OCH3 is 2. The van der Waals surface area contributed by atoms with Crippen LogP contribution >= 0.6 is 0 Å². The summed E-state index contributed by atoms with van der Waals surface area (Å²) < 4.78 is 10.5. The van der Waals surface area contributed by atoms with Crippen molar-refractivity contribution in [2.24, 2.45) is 0 Å². The number of carbonyl (C=O) groups excluding carboxylic acids is 1. The molecule has 1 aliphatic rings. The number of benzene rings is 2. The monoisotopic (exact) mass is 389 g/mol. The Labute approximate surface area is 170 Å². The van der Waals surface area contributed by atoms with Crippen molar-refractivity contribution in [1.29, 1.82) is 0 Å². The molecule has 1 N–H and O–H groups in total. The number of anilines is 3. The fourth-order valence-electron chi connectivity index (χ4n) is 3.59. The van der Waals surface area contributed by atoms with Crippen molar-refractivity contribution in [2.45, 2.75) is 12.8 Å². The summed E-state index contributed by atoms with van der Waals surface area (Å²) in [5.74, 6) is 1.64. The molecule has 0 radical (unpaired) electrons. The van der Waals surface area contributed by atoms with E-state index in [1.54, 1.807) is 32.5 Å². The Hall–Kier alpha value is -3.54. The predicted molar refractivity (Wildman–Crippen MR) is 113 cm³/mol. The maximum Gasteiger partial charge on any atom is 0.229 e. The lowest BCUT2D eigenvalue weighted by Gasteiger charge is -2.19. The zero-order valence-corrected chi connectivity index (χ0v) is 16.5. The fraction of sp³-hybridized carbons (Fsp3) is 0.217. The molecule has 29 heavy (non-hydrogen) atoms. The average molecular weight is 389 g/mol. The van der Waals surface area contributed by atoms with Crippen LogP contribution in [-0.4, -0.2) is 31.7 Å². The van der Waals surface area contributed by atoms with E-state index in [0.29, 0.717) is 17.3 Å². The largest absolute Gasteiger partial charge is 0.493 e. The summed E-state index contributed by atoms with van der Waals surface area (Å²) in [6.45, 7) is 0.937. The van der Waals surface area contributed by atoms with Crippen LogP contribution in [0.2, 0.25) is 0 Å². The maximum atomic E-state index is 12.4. The van der Waals surface area contributed by atoms with E-state index in [0.717, 1.165) is 24.2 Å². The zero-order chi connectivity index (χ0) is 20.2. The number of fused-ring (bicyclic) bond motifs is 1. The first-order chi connectivity index (χ1) is 14.2. The van der Waals surface area contributed by atoms with Gasteiger partial charge in [0.1, 0.15) is 5.82 Å². The molecule has 148 valence electrons. The van der Waals surface area contributed by atoms with E-state index in [1.165, 1.54) is 11.3 Å². The number of aromatic nitrogens is 1. The Bertz CT molecular complexity index is 1020. The molecular formula is C23H23N3O3. The summed E-state index contributed by atoms with van der Waals surface area (Å²) in [5, 5.41) is 2.85. The van der Waals surface area contributed by atoms with Gasteiger partial charge in [-0.25, -0.2) is 4.98 Å². The first kappa shape index (κ1) is 18.8. The van der Waals surface area contributed by atoms with Gasteiger partial charge < -0.3 is 19.7 Å². The van der Waals surface area contributed by atoms with E-state index >= 15 is 0 Å². The molecule has 3 aromatic rings. The second-order valence-corrected chi connectivity index (χ2v) is 6.85. The van der Waals surface area contributed by atoms with Crippen molar-refractivity contribution >= 4 is 23.1 Å². The lowest BCUT2D eigenvalue weighted by atomic mass is 10.1. The number of para-hydroxylation sites is 1. The van der Waals surface area contributed by atoms with E-state index in [9.17, 15) is 4.79 Å². The number of nitrogens with one attached hydrogen (secondary N) is 1. The van der Waals surface area contributed by atoms with E-state index in [1.807, 2.05) is 24.3 Å². The molecule has 2 aromatic carbocycles. The highest BCUT2D eigenvalue weighted by atomic mass is 16.5. The normalized spacial score (nSPS) is 12.4. The molecule has 0 saturated heterocycles. The first-order valence-electron chi connectivity index (χ1n) is 9.50. The third kappa shape index (κ3) is 4.01. The third-order valence-electron chi connectivity index (χ3n) is 5.03. The zero-order valence-electron chi connectivity index (χ0n) is 16.5. The molecule has 0 fully saturated rings. The van der Waals surface area contributed by atoms with Crippen molar-refractivity contribution in [3.63, 3.8) is 0 Å². The minimum absolute atomic E-state index is 0.135. The molecule has 0 saturated carbocycles. The van der Waals surface area contributed by atoms with Gasteiger partial charge in [-0.15, -0.1) is 0 Å². The van der Waals surface area contributed by atoms with Crippen LogP contribution in [0.25, 0.3) is 0 Å². The van der Waals surface area contributed by atoms with Crippen LogP contribution in [0.3, 0.4) is 0 Å². The predicted octanol–water partition coefficient (Wildman–Crippen LogP) is 3.97. The molecule has 2 heterocycles. The van der Waals surface area contributed by atoms with Gasteiger partial charge in [0.2, 0.25) is 5.91 Å². The maximum absolute atomic E-state index is 12.4. The Morgan fingerprint density at radius 2 is 1.90 bits per heavy atom. The van der Waals surface area contributed by atoms with Gasteiger partial charge in [-0.05, 0) is 47.9 Å². The molecule has 0 unspecified atom stereocenters. The second-order valence-electron chi connectivity index (χ2n) is 6.85. The van der Waals surface area contributed by atoms with E-state index in [-0.39, 0.29) is 12.3 Å². The van der Waals surface area contributed by atoms with Crippen LogP contribution in [0.15, 0.2) is 60.8 Å². The number of hydrogen-bond donors (Lipinski definition) is 1. The minimum Gasteiger partial charge on any atom is -0.493 e. The van der Waals surface area contributed by atoms with Crippen molar-refractivity contribution in [3.8, 4) is 11.5 Å². The molecule has 0 atom stereocenters. The lowest BCUT2D eigenvalue weighted by Crippen LogP contribution is -2.16. The average Bonchev–Trinajstić information content (AvgIpc) is 3.18. The molecule has 6 heteroatoms. The summed E-state index contributed by atoms with van der Waals surface area (Å²) in [7, 11) is 3.16. The van der Waals surface area contributed by atoms with Gasteiger partial charge in [-0.2, -0.15) is 0 Å². The number of rotatable bonds is 6. The molecule has 0 spiro atoms. The van der Waals surface area contributed by atoms with Gasteiger partial charge in [-0.1, -0.05) is 24.3 Å². The Morgan fingerprint density at radius 3 is 2.66 bits per heavy atom. The summed E-state index contributed by atoms with van der Waals surface area (Å²) in [6, 6.07) is 17.7. The number of ether oxygens (including phenoxy) is 2.